The van der Waals surface area contributed by atoms with E-state index in [9.17, 15) is 4.79 Å². The number of rotatable bonds is 4. The molecule has 1 unspecified atom stereocenters. The van der Waals surface area contributed by atoms with Crippen LogP contribution < -0.4 is 4.90 Å². The van der Waals surface area contributed by atoms with E-state index in [4.69, 9.17) is 10.4 Å². The van der Waals surface area contributed by atoms with Gasteiger partial charge in [0.2, 0.25) is 0 Å². The number of anilines is 1. The highest BCUT2D eigenvalue weighted by Crippen LogP contribution is 2.25. The summed E-state index contributed by atoms with van der Waals surface area (Å²) < 4.78 is 0. The number of nitriles is 1. The van der Waals surface area contributed by atoms with E-state index in [1.165, 1.54) is 11.3 Å². The van der Waals surface area contributed by atoms with Crippen LogP contribution in [-0.2, 0) is 0 Å². The van der Waals surface area contributed by atoms with Crippen molar-refractivity contribution in [2.75, 3.05) is 18.5 Å². The monoisotopic (exact) mass is 239 g/mol. The van der Waals surface area contributed by atoms with E-state index in [-0.39, 0.29) is 11.6 Å². The third-order valence-corrected chi connectivity index (χ3v) is 3.17. The first kappa shape index (κ1) is 12.5. The first-order chi connectivity index (χ1) is 7.45. The van der Waals surface area contributed by atoms with E-state index in [1.807, 2.05) is 6.92 Å². The molecule has 6 heteroatoms. The Morgan fingerprint density at radius 1 is 1.75 bits per heavy atom. The van der Waals surface area contributed by atoms with Gasteiger partial charge in [0.25, 0.3) is 0 Å². The summed E-state index contributed by atoms with van der Waals surface area (Å²) in [5.41, 5.74) is 0.0939. The second-order valence-electron chi connectivity index (χ2n) is 3.62. The highest BCUT2D eigenvalue weighted by molar-refractivity contribution is 7.15. The van der Waals surface area contributed by atoms with Crippen molar-refractivity contribution in [3.63, 3.8) is 0 Å². The zero-order valence-corrected chi connectivity index (χ0v) is 10.2. The van der Waals surface area contributed by atoms with Crippen molar-refractivity contribution in [2.24, 2.45) is 5.92 Å². The normalized spacial score (nSPS) is 11.9. The zero-order chi connectivity index (χ0) is 12.3. The minimum absolute atomic E-state index is 0.0939. The molecule has 0 radical (unpaired) electrons. The maximum atomic E-state index is 10.8. The van der Waals surface area contributed by atoms with Crippen molar-refractivity contribution in [3.8, 4) is 6.07 Å². The molecule has 1 N–H and O–H groups in total. The number of hydrogen-bond donors (Lipinski definition) is 1. The molecule has 0 aliphatic rings. The molecule has 86 valence electrons. The van der Waals surface area contributed by atoms with Gasteiger partial charge in [0, 0.05) is 18.5 Å². The maximum Gasteiger partial charge on any atom is 0.355 e. The molecule has 0 spiro atoms. The lowest BCUT2D eigenvalue weighted by Crippen LogP contribution is -2.23. The summed E-state index contributed by atoms with van der Waals surface area (Å²) in [5.74, 6) is -1.12. The molecule has 1 atom stereocenters. The fraction of sp³-hybridized carbons (Fsp3) is 0.500. The number of aromatic nitrogens is 1. The second kappa shape index (κ2) is 4.94. The van der Waals surface area contributed by atoms with Crippen molar-refractivity contribution in [3.05, 3.63) is 10.6 Å². The predicted octanol–water partition coefficient (Wildman–Crippen LogP) is 1.75. The zero-order valence-electron chi connectivity index (χ0n) is 9.39. The fourth-order valence-corrected chi connectivity index (χ4v) is 2.14. The fourth-order valence-electron chi connectivity index (χ4n) is 1.27. The lowest BCUT2D eigenvalue weighted by atomic mass is 10.2. The van der Waals surface area contributed by atoms with Gasteiger partial charge in [-0.25, -0.2) is 9.78 Å². The summed E-state index contributed by atoms with van der Waals surface area (Å²) in [7, 11) is 1.80. The third-order valence-electron chi connectivity index (χ3n) is 2.08. The van der Waals surface area contributed by atoms with Crippen molar-refractivity contribution in [2.45, 2.75) is 13.8 Å². The van der Waals surface area contributed by atoms with Crippen molar-refractivity contribution in [1.29, 1.82) is 5.26 Å². The van der Waals surface area contributed by atoms with E-state index in [0.29, 0.717) is 16.6 Å². The van der Waals surface area contributed by atoms with Gasteiger partial charge in [-0.2, -0.15) is 5.26 Å². The molecular formula is C10H13N3O2S. The largest absolute Gasteiger partial charge is 0.476 e. The lowest BCUT2D eigenvalue weighted by molar-refractivity contribution is 0.0690. The molecule has 0 saturated carbocycles. The molecule has 1 aromatic heterocycles. The molecular weight excluding hydrogens is 226 g/mol. The molecule has 0 amide bonds. The first-order valence-electron chi connectivity index (χ1n) is 4.77. The molecule has 0 saturated heterocycles. The van der Waals surface area contributed by atoms with Crippen LogP contribution in [-0.4, -0.2) is 29.7 Å². The van der Waals surface area contributed by atoms with Crippen molar-refractivity contribution in [1.82, 2.24) is 4.98 Å². The summed E-state index contributed by atoms with van der Waals surface area (Å²) >= 11 is 1.33. The van der Waals surface area contributed by atoms with Crippen LogP contribution >= 0.6 is 11.3 Å². The number of thiazole rings is 1. The van der Waals surface area contributed by atoms with Gasteiger partial charge in [-0.1, -0.05) is 0 Å². The van der Waals surface area contributed by atoms with Crippen molar-refractivity contribution < 1.29 is 9.90 Å². The predicted molar refractivity (Wildman–Crippen MR) is 61.9 cm³/mol. The maximum absolute atomic E-state index is 10.8. The molecule has 1 rings (SSSR count). The van der Waals surface area contributed by atoms with Gasteiger partial charge >= 0.3 is 5.97 Å². The van der Waals surface area contributed by atoms with Crippen LogP contribution in [0.15, 0.2) is 0 Å². The Kier molecular flexibility index (Phi) is 3.85. The average molecular weight is 239 g/mol. The SMILES string of the molecule is Cc1sc(N(C)CC(C)C#N)nc1C(=O)O. The van der Waals surface area contributed by atoms with Gasteiger partial charge < -0.3 is 10.0 Å². The Morgan fingerprint density at radius 3 is 2.81 bits per heavy atom. The highest BCUT2D eigenvalue weighted by atomic mass is 32.1. The van der Waals surface area contributed by atoms with Gasteiger partial charge in [0.15, 0.2) is 10.8 Å². The highest BCUT2D eigenvalue weighted by Gasteiger charge is 2.17. The molecule has 5 nitrogen and oxygen atoms in total. The molecule has 0 bridgehead atoms. The molecule has 0 aromatic carbocycles. The average Bonchev–Trinajstić information content (AvgIpc) is 2.60. The number of carboxylic acids is 1. The van der Waals surface area contributed by atoms with E-state index in [1.54, 1.807) is 18.9 Å². The van der Waals surface area contributed by atoms with Gasteiger partial charge in [-0.3, -0.25) is 0 Å². The number of nitrogens with zero attached hydrogens (tertiary/aromatic N) is 3. The number of carboxylic acid groups (broad SMARTS) is 1. The van der Waals surface area contributed by atoms with Crippen LogP contribution in [0, 0.1) is 24.2 Å². The van der Waals surface area contributed by atoms with Crippen molar-refractivity contribution >= 4 is 22.4 Å². The number of hydrogen-bond acceptors (Lipinski definition) is 5. The third kappa shape index (κ3) is 2.70. The summed E-state index contributed by atoms with van der Waals surface area (Å²) in [6.45, 7) is 4.09. The number of aromatic carboxylic acids is 1. The minimum Gasteiger partial charge on any atom is -0.476 e. The van der Waals surface area contributed by atoms with E-state index in [2.05, 4.69) is 11.1 Å². The van der Waals surface area contributed by atoms with Gasteiger partial charge in [-0.15, -0.1) is 11.3 Å². The van der Waals surface area contributed by atoms with E-state index >= 15 is 0 Å². The number of aryl methyl sites for hydroxylation is 1. The summed E-state index contributed by atoms with van der Waals surface area (Å²) in [6.07, 6.45) is 0. The van der Waals surface area contributed by atoms with Gasteiger partial charge in [-0.05, 0) is 13.8 Å². The lowest BCUT2D eigenvalue weighted by Gasteiger charge is -2.16. The topological polar surface area (TPSA) is 77.2 Å². The van der Waals surface area contributed by atoms with Crippen LogP contribution in [0.25, 0.3) is 0 Å². The molecule has 0 fully saturated rings. The Balaban J connectivity index is 2.85. The van der Waals surface area contributed by atoms with Crippen LogP contribution in [0.3, 0.4) is 0 Å². The summed E-state index contributed by atoms with van der Waals surface area (Å²) in [5, 5.41) is 18.2. The Hall–Kier alpha value is -1.61. The summed E-state index contributed by atoms with van der Waals surface area (Å²) in [6, 6.07) is 2.13. The smallest absolute Gasteiger partial charge is 0.355 e. The Bertz CT molecular complexity index is 436. The molecule has 1 heterocycles. The van der Waals surface area contributed by atoms with Gasteiger partial charge in [0.1, 0.15) is 0 Å². The molecule has 16 heavy (non-hydrogen) atoms. The van der Waals surface area contributed by atoms with Crippen LogP contribution in [0.2, 0.25) is 0 Å². The second-order valence-corrected chi connectivity index (χ2v) is 4.80. The Labute approximate surface area is 98.0 Å². The van der Waals surface area contributed by atoms with E-state index in [0.717, 1.165) is 0 Å². The minimum atomic E-state index is -1.01. The quantitative estimate of drug-likeness (QED) is 0.866. The molecule has 0 aliphatic carbocycles. The standard InChI is InChI=1S/C10H13N3O2S/c1-6(4-11)5-13(3)10-12-8(9(14)15)7(2)16-10/h6H,5H2,1-3H3,(H,14,15). The first-order valence-corrected chi connectivity index (χ1v) is 5.58. The summed E-state index contributed by atoms with van der Waals surface area (Å²) in [4.78, 5) is 17.3. The molecule has 0 aliphatic heterocycles. The van der Waals surface area contributed by atoms with E-state index < -0.39 is 5.97 Å². The Morgan fingerprint density at radius 2 is 2.38 bits per heavy atom. The number of carbonyl (C=O) groups is 1. The van der Waals surface area contributed by atoms with Gasteiger partial charge in [0.05, 0.1) is 12.0 Å². The molecule has 1 aromatic rings. The van der Waals surface area contributed by atoms with Crippen LogP contribution in [0.4, 0.5) is 5.13 Å². The van der Waals surface area contributed by atoms with Crippen LogP contribution in [0.1, 0.15) is 22.3 Å². The van der Waals surface area contributed by atoms with Crippen LogP contribution in [0.5, 0.6) is 0 Å².